The van der Waals surface area contributed by atoms with E-state index in [1.54, 1.807) is 0 Å². The number of carbonyl (C=O) groups is 1. The predicted octanol–water partition coefficient (Wildman–Crippen LogP) is 2.27. The lowest BCUT2D eigenvalue weighted by Crippen LogP contribution is -2.47. The van der Waals surface area contributed by atoms with Crippen LogP contribution in [0.5, 0.6) is 0 Å². The van der Waals surface area contributed by atoms with Gasteiger partial charge in [-0.2, -0.15) is 10.2 Å². The summed E-state index contributed by atoms with van der Waals surface area (Å²) in [6.07, 6.45) is 0.738. The Labute approximate surface area is 168 Å². The molecule has 4 rings (SSSR count). The van der Waals surface area contributed by atoms with Gasteiger partial charge in [0.1, 0.15) is 17.7 Å². The molecule has 0 radical (unpaired) electrons. The van der Waals surface area contributed by atoms with Crippen LogP contribution in [0.15, 0.2) is 28.7 Å². The third-order valence-corrected chi connectivity index (χ3v) is 5.31. The topological polar surface area (TPSA) is 85.4 Å². The number of alkyl halides is 1. The number of oxazole rings is 1. The Morgan fingerprint density at radius 3 is 2.82 bits per heavy atom. The monoisotopic (exact) mass is 407 g/mol. The molecule has 28 heavy (non-hydrogen) atoms. The van der Waals surface area contributed by atoms with Gasteiger partial charge >= 0.3 is 0 Å². The van der Waals surface area contributed by atoms with Crippen molar-refractivity contribution in [2.45, 2.75) is 37.5 Å². The fraction of sp³-hybridized carbons (Fsp3) is 0.526. The van der Waals surface area contributed by atoms with Crippen molar-refractivity contribution in [1.82, 2.24) is 15.2 Å². The molecule has 2 fully saturated rings. The quantitative estimate of drug-likeness (QED) is 0.836. The van der Waals surface area contributed by atoms with Crippen LogP contribution in [0.2, 0.25) is 0 Å². The van der Waals surface area contributed by atoms with E-state index in [1.165, 1.54) is 4.90 Å². The molecule has 0 spiro atoms. The van der Waals surface area contributed by atoms with E-state index in [4.69, 9.17) is 9.68 Å². The highest BCUT2D eigenvalue weighted by Gasteiger charge is 2.35. The number of hydrogen-bond donors (Lipinski definition) is 1. The molecule has 150 valence electrons. The molecule has 3 heterocycles. The van der Waals surface area contributed by atoms with Crippen LogP contribution in [-0.4, -0.2) is 60.2 Å². The van der Waals surface area contributed by atoms with Crippen LogP contribution in [-0.2, 0) is 4.79 Å². The minimum Gasteiger partial charge on any atom is -0.423 e. The van der Waals surface area contributed by atoms with Crippen molar-refractivity contribution < 1.29 is 13.6 Å². The van der Waals surface area contributed by atoms with Crippen LogP contribution >= 0.6 is 12.4 Å². The van der Waals surface area contributed by atoms with E-state index in [9.17, 15) is 9.18 Å². The molecule has 0 aliphatic carbocycles. The lowest BCUT2D eigenvalue weighted by Gasteiger charge is -2.31. The Bertz CT molecular complexity index is 828. The van der Waals surface area contributed by atoms with Crippen LogP contribution in [0, 0.1) is 11.3 Å². The molecule has 2 aliphatic rings. The van der Waals surface area contributed by atoms with Crippen LogP contribution in [0.25, 0.3) is 11.1 Å². The van der Waals surface area contributed by atoms with Crippen molar-refractivity contribution in [1.29, 1.82) is 5.26 Å². The summed E-state index contributed by atoms with van der Waals surface area (Å²) in [5.74, 6) is -0.205. The number of piperidine rings is 1. The largest absolute Gasteiger partial charge is 0.423 e. The van der Waals surface area contributed by atoms with Gasteiger partial charge < -0.3 is 19.5 Å². The number of nitrogens with one attached hydrogen (secondary N) is 1. The molecule has 7 nitrogen and oxygen atoms in total. The van der Waals surface area contributed by atoms with Gasteiger partial charge in [-0.1, -0.05) is 12.1 Å². The third-order valence-electron chi connectivity index (χ3n) is 5.31. The molecule has 0 unspecified atom stereocenters. The summed E-state index contributed by atoms with van der Waals surface area (Å²) in [5.41, 5.74) is 1.63. The number of nitrogens with zero attached hydrogens (tertiary/aromatic N) is 4. The third kappa shape index (κ3) is 4.21. The molecule has 1 aromatic carbocycles. The number of para-hydroxylation sites is 2. The predicted molar refractivity (Wildman–Crippen MR) is 105 cm³/mol. The first-order chi connectivity index (χ1) is 13.1. The summed E-state index contributed by atoms with van der Waals surface area (Å²) in [6.45, 7) is 1.74. The Balaban J connectivity index is 0.00000225. The van der Waals surface area contributed by atoms with Gasteiger partial charge in [0.15, 0.2) is 5.58 Å². The normalized spacial score (nSPS) is 22.9. The SMILES string of the molecule is Cl.N#C[C@@H]1C[C@H](F)CN1C(=O)CNC1CCN(c2nc3ccccc3o2)CC1. The van der Waals surface area contributed by atoms with Crippen molar-refractivity contribution in [3.05, 3.63) is 24.3 Å². The van der Waals surface area contributed by atoms with E-state index in [1.807, 2.05) is 30.3 Å². The first-order valence-electron chi connectivity index (χ1n) is 9.31. The number of aromatic nitrogens is 1. The highest BCUT2D eigenvalue weighted by Crippen LogP contribution is 2.24. The number of nitriles is 1. The molecular weight excluding hydrogens is 385 g/mol. The Morgan fingerprint density at radius 2 is 2.11 bits per heavy atom. The number of hydrogen-bond acceptors (Lipinski definition) is 6. The first-order valence-corrected chi connectivity index (χ1v) is 9.31. The van der Waals surface area contributed by atoms with E-state index >= 15 is 0 Å². The fourth-order valence-corrected chi connectivity index (χ4v) is 3.79. The van der Waals surface area contributed by atoms with Gasteiger partial charge in [-0.3, -0.25) is 4.79 Å². The van der Waals surface area contributed by atoms with E-state index in [-0.39, 0.29) is 43.9 Å². The summed E-state index contributed by atoms with van der Waals surface area (Å²) < 4.78 is 19.3. The Hall–Kier alpha value is -2.37. The summed E-state index contributed by atoms with van der Waals surface area (Å²) in [5, 5.41) is 12.3. The van der Waals surface area contributed by atoms with Gasteiger partial charge in [0.2, 0.25) is 5.91 Å². The molecule has 2 atom stereocenters. The number of rotatable bonds is 4. The maximum absolute atomic E-state index is 13.5. The second-order valence-electron chi connectivity index (χ2n) is 7.13. The van der Waals surface area contributed by atoms with Crippen molar-refractivity contribution in [2.24, 2.45) is 0 Å². The van der Waals surface area contributed by atoms with Crippen molar-refractivity contribution in [3.63, 3.8) is 0 Å². The van der Waals surface area contributed by atoms with Gasteiger partial charge in [0.05, 0.1) is 19.2 Å². The molecule has 2 aromatic rings. The summed E-state index contributed by atoms with van der Waals surface area (Å²) >= 11 is 0. The number of anilines is 1. The second kappa shape index (κ2) is 8.76. The molecule has 0 saturated carbocycles. The van der Waals surface area contributed by atoms with Crippen LogP contribution < -0.4 is 10.2 Å². The van der Waals surface area contributed by atoms with E-state index in [0.717, 1.165) is 37.0 Å². The smallest absolute Gasteiger partial charge is 0.298 e. The zero-order valence-electron chi connectivity index (χ0n) is 15.4. The minimum atomic E-state index is -1.10. The first kappa shape index (κ1) is 20.4. The molecule has 0 bridgehead atoms. The number of benzene rings is 1. The van der Waals surface area contributed by atoms with Gasteiger partial charge in [0, 0.05) is 25.6 Å². The number of amides is 1. The number of likely N-dealkylation sites (tertiary alicyclic amines) is 1. The highest BCUT2D eigenvalue weighted by atomic mass is 35.5. The lowest BCUT2D eigenvalue weighted by atomic mass is 10.1. The Kier molecular flexibility index (Phi) is 6.37. The molecule has 1 aromatic heterocycles. The zero-order chi connectivity index (χ0) is 18.8. The average Bonchev–Trinajstić information content (AvgIpc) is 3.29. The summed E-state index contributed by atoms with van der Waals surface area (Å²) in [4.78, 5) is 20.3. The van der Waals surface area contributed by atoms with E-state index < -0.39 is 12.2 Å². The second-order valence-corrected chi connectivity index (χ2v) is 7.13. The standard InChI is InChI=1S/C19H22FN5O2.ClH/c20-13-9-15(10-21)25(12-13)18(26)11-22-14-5-7-24(8-6-14)19-23-16-3-1-2-4-17(16)27-19;/h1-4,13-15,22H,5-9,11-12H2;1H/t13-,15-;/m0./s1. The molecule has 2 aliphatic heterocycles. The summed E-state index contributed by atoms with van der Waals surface area (Å²) in [6, 6.07) is 9.90. The molecule has 1 N–H and O–H groups in total. The number of fused-ring (bicyclic) bond motifs is 1. The summed E-state index contributed by atoms with van der Waals surface area (Å²) in [7, 11) is 0. The van der Waals surface area contributed by atoms with Crippen LogP contribution in [0.4, 0.5) is 10.4 Å². The minimum absolute atomic E-state index is 0. The fourth-order valence-electron chi connectivity index (χ4n) is 3.79. The van der Waals surface area contributed by atoms with E-state index in [0.29, 0.717) is 6.01 Å². The van der Waals surface area contributed by atoms with Crippen molar-refractivity contribution in [3.8, 4) is 6.07 Å². The van der Waals surface area contributed by atoms with Gasteiger partial charge in [-0.05, 0) is 25.0 Å². The highest BCUT2D eigenvalue weighted by molar-refractivity contribution is 5.85. The lowest BCUT2D eigenvalue weighted by molar-refractivity contribution is -0.130. The number of carbonyl (C=O) groups excluding carboxylic acids is 1. The van der Waals surface area contributed by atoms with E-state index in [2.05, 4.69) is 15.2 Å². The maximum atomic E-state index is 13.5. The van der Waals surface area contributed by atoms with Crippen LogP contribution in [0.3, 0.4) is 0 Å². The van der Waals surface area contributed by atoms with Gasteiger partial charge in [-0.25, -0.2) is 4.39 Å². The molecule has 1 amide bonds. The average molecular weight is 408 g/mol. The maximum Gasteiger partial charge on any atom is 0.298 e. The van der Waals surface area contributed by atoms with Gasteiger partial charge in [-0.15, -0.1) is 12.4 Å². The van der Waals surface area contributed by atoms with Crippen LogP contribution in [0.1, 0.15) is 19.3 Å². The number of halogens is 2. The Morgan fingerprint density at radius 1 is 1.36 bits per heavy atom. The molecule has 9 heteroatoms. The molecular formula is C19H23ClFN5O2. The van der Waals surface area contributed by atoms with Gasteiger partial charge in [0.25, 0.3) is 6.01 Å². The van der Waals surface area contributed by atoms with Crippen molar-refractivity contribution in [2.75, 3.05) is 31.1 Å². The zero-order valence-corrected chi connectivity index (χ0v) is 16.2. The van der Waals surface area contributed by atoms with Crippen molar-refractivity contribution >= 4 is 35.4 Å². The molecule has 2 saturated heterocycles.